The molecular weight excluding hydrogens is 264 g/mol. The molecular formula is C22H30. The third-order valence-corrected chi connectivity index (χ3v) is 5.23. The van der Waals surface area contributed by atoms with Gasteiger partial charge in [0.15, 0.2) is 0 Å². The van der Waals surface area contributed by atoms with Crippen molar-refractivity contribution >= 4 is 0 Å². The minimum atomic E-state index is 0.633. The number of rotatable bonds is 5. The molecule has 0 radical (unpaired) electrons. The van der Waals surface area contributed by atoms with Crippen molar-refractivity contribution in [3.8, 4) is 0 Å². The molecule has 0 amide bonds. The van der Waals surface area contributed by atoms with Gasteiger partial charge in [-0.05, 0) is 85.8 Å². The molecule has 0 aliphatic rings. The van der Waals surface area contributed by atoms with E-state index in [4.69, 9.17) is 0 Å². The van der Waals surface area contributed by atoms with Gasteiger partial charge in [0, 0.05) is 0 Å². The molecule has 0 saturated carbocycles. The topological polar surface area (TPSA) is 0 Å². The van der Waals surface area contributed by atoms with Crippen LogP contribution in [0.4, 0.5) is 0 Å². The second-order valence-electron chi connectivity index (χ2n) is 7.07. The van der Waals surface area contributed by atoms with Crippen LogP contribution in [0.3, 0.4) is 0 Å². The molecule has 0 spiro atoms. The summed E-state index contributed by atoms with van der Waals surface area (Å²) in [7, 11) is 0. The van der Waals surface area contributed by atoms with Gasteiger partial charge in [0.1, 0.15) is 0 Å². The first-order valence-corrected chi connectivity index (χ1v) is 8.52. The molecule has 1 unspecified atom stereocenters. The highest BCUT2D eigenvalue weighted by Crippen LogP contribution is 2.29. The van der Waals surface area contributed by atoms with E-state index in [0.29, 0.717) is 11.8 Å². The lowest BCUT2D eigenvalue weighted by Crippen LogP contribution is -2.00. The van der Waals surface area contributed by atoms with Gasteiger partial charge in [-0.3, -0.25) is 0 Å². The highest BCUT2D eigenvalue weighted by molar-refractivity contribution is 5.33. The molecule has 22 heavy (non-hydrogen) atoms. The van der Waals surface area contributed by atoms with Gasteiger partial charge in [0.05, 0.1) is 0 Å². The summed E-state index contributed by atoms with van der Waals surface area (Å²) < 4.78 is 0. The molecule has 0 N–H and O–H groups in total. The van der Waals surface area contributed by atoms with Crippen molar-refractivity contribution in [1.82, 2.24) is 0 Å². The van der Waals surface area contributed by atoms with Gasteiger partial charge in [-0.1, -0.05) is 50.2 Å². The molecule has 2 aromatic carbocycles. The van der Waals surface area contributed by atoms with Crippen LogP contribution < -0.4 is 0 Å². The summed E-state index contributed by atoms with van der Waals surface area (Å²) in [5, 5.41) is 0. The fourth-order valence-corrected chi connectivity index (χ4v) is 2.98. The maximum Gasteiger partial charge on any atom is -0.0190 e. The monoisotopic (exact) mass is 294 g/mol. The predicted octanol–water partition coefficient (Wildman–Crippen LogP) is 6.61. The van der Waals surface area contributed by atoms with E-state index in [1.165, 1.54) is 46.2 Å². The van der Waals surface area contributed by atoms with Gasteiger partial charge in [-0.15, -0.1) is 0 Å². The molecule has 118 valence electrons. The van der Waals surface area contributed by atoms with Gasteiger partial charge in [-0.2, -0.15) is 0 Å². The molecule has 2 atom stereocenters. The molecule has 0 fully saturated rings. The van der Waals surface area contributed by atoms with Crippen molar-refractivity contribution in [2.75, 3.05) is 0 Å². The average molecular weight is 294 g/mol. The standard InChI is InChI=1S/C22H30/c1-15-9-11-21(13-19(15)5)17(3)7-8-18(4)22-12-10-16(2)20(6)14-22/h9-14,17-18H,7-8H2,1-6H3/t17-,18?/m1/s1. The van der Waals surface area contributed by atoms with Crippen LogP contribution in [0.1, 0.15) is 71.9 Å². The van der Waals surface area contributed by atoms with Crippen LogP contribution in [-0.4, -0.2) is 0 Å². The van der Waals surface area contributed by atoms with E-state index in [1.807, 2.05) is 0 Å². The summed E-state index contributed by atoms with van der Waals surface area (Å²) in [4.78, 5) is 0. The van der Waals surface area contributed by atoms with Gasteiger partial charge < -0.3 is 0 Å². The van der Waals surface area contributed by atoms with Gasteiger partial charge in [0.2, 0.25) is 0 Å². The number of hydrogen-bond acceptors (Lipinski definition) is 0. The third kappa shape index (κ3) is 4.00. The fraction of sp³-hybridized carbons (Fsp3) is 0.455. The summed E-state index contributed by atoms with van der Waals surface area (Å²) in [6.07, 6.45) is 2.49. The van der Waals surface area contributed by atoms with E-state index in [2.05, 4.69) is 77.9 Å². The lowest BCUT2D eigenvalue weighted by atomic mass is 9.87. The first-order valence-electron chi connectivity index (χ1n) is 8.52. The first kappa shape index (κ1) is 16.8. The van der Waals surface area contributed by atoms with Crippen molar-refractivity contribution in [2.45, 2.75) is 66.2 Å². The van der Waals surface area contributed by atoms with E-state index in [1.54, 1.807) is 0 Å². The molecule has 2 rings (SSSR count). The largest absolute Gasteiger partial charge is 0.0588 e. The normalized spacial score (nSPS) is 13.9. The Kier molecular flexibility index (Phi) is 5.45. The second-order valence-corrected chi connectivity index (χ2v) is 7.07. The van der Waals surface area contributed by atoms with Crippen LogP contribution in [0, 0.1) is 27.7 Å². The second kappa shape index (κ2) is 7.13. The summed E-state index contributed by atoms with van der Waals surface area (Å²) in [6, 6.07) is 13.8. The first-order chi connectivity index (χ1) is 10.4. The Morgan fingerprint density at radius 3 is 1.27 bits per heavy atom. The highest BCUT2D eigenvalue weighted by Gasteiger charge is 2.11. The zero-order chi connectivity index (χ0) is 16.3. The van der Waals surface area contributed by atoms with Crippen LogP contribution >= 0.6 is 0 Å². The van der Waals surface area contributed by atoms with Crippen LogP contribution in [0.5, 0.6) is 0 Å². The van der Waals surface area contributed by atoms with E-state index in [0.717, 1.165) is 0 Å². The number of hydrogen-bond donors (Lipinski definition) is 0. The van der Waals surface area contributed by atoms with Crippen LogP contribution in [-0.2, 0) is 0 Å². The van der Waals surface area contributed by atoms with Crippen molar-refractivity contribution in [3.05, 3.63) is 69.8 Å². The molecule has 0 aliphatic carbocycles. The highest BCUT2D eigenvalue weighted by atomic mass is 14.2. The van der Waals surface area contributed by atoms with Crippen molar-refractivity contribution < 1.29 is 0 Å². The van der Waals surface area contributed by atoms with Crippen molar-refractivity contribution in [3.63, 3.8) is 0 Å². The van der Waals surface area contributed by atoms with E-state index < -0.39 is 0 Å². The summed E-state index contributed by atoms with van der Waals surface area (Å²) in [6.45, 7) is 13.5. The average Bonchev–Trinajstić information content (AvgIpc) is 2.50. The maximum atomic E-state index is 2.36. The molecule has 0 aromatic heterocycles. The smallest absolute Gasteiger partial charge is 0.0190 e. The minimum absolute atomic E-state index is 0.633. The van der Waals surface area contributed by atoms with E-state index in [9.17, 15) is 0 Å². The van der Waals surface area contributed by atoms with Gasteiger partial charge >= 0.3 is 0 Å². The quantitative estimate of drug-likeness (QED) is 0.582. The fourth-order valence-electron chi connectivity index (χ4n) is 2.98. The Labute approximate surface area is 136 Å². The van der Waals surface area contributed by atoms with Crippen molar-refractivity contribution in [2.24, 2.45) is 0 Å². The zero-order valence-corrected chi connectivity index (χ0v) is 15.0. The van der Waals surface area contributed by atoms with Crippen LogP contribution in [0.25, 0.3) is 0 Å². The Bertz CT molecular complexity index is 579. The van der Waals surface area contributed by atoms with Gasteiger partial charge in [-0.25, -0.2) is 0 Å². The summed E-state index contributed by atoms with van der Waals surface area (Å²) in [5.74, 6) is 1.27. The Morgan fingerprint density at radius 1 is 0.591 bits per heavy atom. The molecule has 0 aliphatic heterocycles. The SMILES string of the molecule is Cc1ccc(C(C)CC[C@@H](C)c2ccc(C)c(C)c2)cc1C. The van der Waals surface area contributed by atoms with Crippen LogP contribution in [0.2, 0.25) is 0 Å². The van der Waals surface area contributed by atoms with E-state index >= 15 is 0 Å². The minimum Gasteiger partial charge on any atom is -0.0588 e. The third-order valence-electron chi connectivity index (χ3n) is 5.23. The molecule has 0 heterocycles. The molecule has 0 heteroatoms. The summed E-state index contributed by atoms with van der Waals surface area (Å²) in [5.41, 5.74) is 8.56. The molecule has 2 aromatic rings. The Morgan fingerprint density at radius 2 is 0.955 bits per heavy atom. The Balaban J connectivity index is 1.99. The van der Waals surface area contributed by atoms with Crippen molar-refractivity contribution in [1.29, 1.82) is 0 Å². The number of aryl methyl sites for hydroxylation is 4. The number of benzene rings is 2. The zero-order valence-electron chi connectivity index (χ0n) is 15.0. The summed E-state index contributed by atoms with van der Waals surface area (Å²) >= 11 is 0. The Hall–Kier alpha value is -1.56. The van der Waals surface area contributed by atoms with Gasteiger partial charge in [0.25, 0.3) is 0 Å². The molecule has 0 nitrogen and oxygen atoms in total. The molecule has 0 bridgehead atoms. The lowest BCUT2D eigenvalue weighted by Gasteiger charge is -2.18. The lowest BCUT2D eigenvalue weighted by molar-refractivity contribution is 0.573. The molecule has 0 saturated heterocycles. The predicted molar refractivity (Wildman–Crippen MR) is 97.9 cm³/mol. The van der Waals surface area contributed by atoms with Crippen LogP contribution in [0.15, 0.2) is 36.4 Å². The maximum absolute atomic E-state index is 2.36. The van der Waals surface area contributed by atoms with E-state index in [-0.39, 0.29) is 0 Å².